The van der Waals surface area contributed by atoms with E-state index in [2.05, 4.69) is 233 Å². The number of pyridine rings is 4. The highest BCUT2D eigenvalue weighted by Crippen LogP contribution is 2.38. The van der Waals surface area contributed by atoms with E-state index in [0.717, 1.165) is 102 Å². The zero-order valence-corrected chi connectivity index (χ0v) is 71.8. The third kappa shape index (κ3) is 31.0. The van der Waals surface area contributed by atoms with Crippen LogP contribution in [0.4, 0.5) is 57.1 Å². The molecule has 8 aromatic carbocycles. The summed E-state index contributed by atoms with van der Waals surface area (Å²) in [5, 5.41) is 32.1. The zero-order chi connectivity index (χ0) is 84.0. The molecule has 0 radical (unpaired) electrons. The van der Waals surface area contributed by atoms with Gasteiger partial charge in [0, 0.05) is 78.2 Å². The number of benzene rings is 7. The van der Waals surface area contributed by atoms with Crippen molar-refractivity contribution in [3.05, 3.63) is 329 Å². The molecule has 1 saturated heterocycles. The summed E-state index contributed by atoms with van der Waals surface area (Å²) in [5.74, 6) is 4.52. The number of para-hydroxylation sites is 5. The number of aromatic hydroxyl groups is 1. The number of aryl methyl sites for hydroxylation is 4. The number of nitrogens with one attached hydrogen (secondary N) is 6. The van der Waals surface area contributed by atoms with Gasteiger partial charge in [0.05, 0.1) is 91.3 Å². The molecule has 0 spiro atoms. The fraction of sp³-hybridized carbons (Fsp3) is 0.300. The number of rotatable bonds is 23. The van der Waals surface area contributed by atoms with Gasteiger partial charge in [-0.15, -0.1) is 0 Å². The summed E-state index contributed by atoms with van der Waals surface area (Å²) >= 11 is 0. The number of piperidine rings is 1. The average molecular weight is 1570 g/mol. The number of phenolic OH excluding ortho intramolecular Hbond substituents is 1. The number of ether oxygens (including phenoxy) is 3. The van der Waals surface area contributed by atoms with Gasteiger partial charge in [-0.25, -0.2) is 9.97 Å². The van der Waals surface area contributed by atoms with Gasteiger partial charge in [-0.05, 0) is 260 Å². The summed E-state index contributed by atoms with van der Waals surface area (Å²) in [4.78, 5) is 29.0. The maximum atomic E-state index is 10.9. The zero-order valence-electron chi connectivity index (χ0n) is 71.8. The third-order valence-corrected chi connectivity index (χ3v) is 18.6. The van der Waals surface area contributed by atoms with E-state index >= 15 is 0 Å². The second kappa shape index (κ2) is 46.8. The maximum absolute atomic E-state index is 10.9. The lowest BCUT2D eigenvalue weighted by Gasteiger charge is -2.30. The molecule has 0 atom stereocenters. The number of hydrogen-bond acceptors (Lipinski definition) is 17. The van der Waals surface area contributed by atoms with Crippen molar-refractivity contribution >= 4 is 63.3 Å². The van der Waals surface area contributed by atoms with Crippen LogP contribution in [0.5, 0.6) is 23.0 Å². The Balaban J connectivity index is 0.000000178. The van der Waals surface area contributed by atoms with Crippen molar-refractivity contribution < 1.29 is 19.3 Å². The number of phenols is 1. The second-order valence-corrected chi connectivity index (χ2v) is 31.1. The van der Waals surface area contributed by atoms with Crippen LogP contribution in [0.2, 0.25) is 0 Å². The van der Waals surface area contributed by atoms with Gasteiger partial charge in [0.2, 0.25) is 0 Å². The van der Waals surface area contributed by atoms with Crippen LogP contribution in [0.3, 0.4) is 0 Å². The van der Waals surface area contributed by atoms with E-state index in [-0.39, 0.29) is 10.8 Å². The highest BCUT2D eigenvalue weighted by atomic mass is 16.5. The maximum Gasteiger partial charge on any atom is 0.142 e. The normalized spacial score (nSPS) is 11.8. The Kier molecular flexibility index (Phi) is 36.0. The first-order chi connectivity index (χ1) is 56.3. The largest absolute Gasteiger partial charge is 0.507 e. The molecule has 7 N–H and O–H groups in total. The number of aliphatic imine (C=N–C) groups is 1. The summed E-state index contributed by atoms with van der Waals surface area (Å²) in [5.41, 5.74) is 19.5. The van der Waals surface area contributed by atoms with Crippen LogP contribution >= 0.6 is 0 Å². The number of aromatic nitrogens is 4. The summed E-state index contributed by atoms with van der Waals surface area (Å²) in [6, 6.07) is 83.5. The minimum Gasteiger partial charge on any atom is -0.507 e. The molecule has 1 aliphatic heterocycles. The van der Waals surface area contributed by atoms with Gasteiger partial charge in [0.25, 0.3) is 0 Å². The summed E-state index contributed by atoms with van der Waals surface area (Å²) in [6.07, 6.45) is 11.1. The Hall–Kier alpha value is -12.5. The molecule has 0 bridgehead atoms. The van der Waals surface area contributed by atoms with E-state index in [1.54, 1.807) is 32.8 Å². The van der Waals surface area contributed by atoms with Crippen LogP contribution in [0.15, 0.2) is 277 Å². The first kappa shape index (κ1) is 90.0. The Morgan fingerprint density at radius 3 is 1.53 bits per heavy atom. The number of anilines is 9. The summed E-state index contributed by atoms with van der Waals surface area (Å²) < 4.78 is 15.9. The minimum atomic E-state index is -0.135. The predicted octanol–water partition coefficient (Wildman–Crippen LogP) is 23.8. The molecule has 0 aliphatic carbocycles. The van der Waals surface area contributed by atoms with Crippen LogP contribution in [0.1, 0.15) is 151 Å². The Bertz CT molecular complexity index is 4900. The van der Waals surface area contributed by atoms with Gasteiger partial charge in [0.15, 0.2) is 0 Å². The van der Waals surface area contributed by atoms with Crippen molar-refractivity contribution in [3.8, 4) is 23.0 Å². The topological polar surface area (TPSA) is 200 Å². The first-order valence-corrected chi connectivity index (χ1v) is 40.6. The smallest absolute Gasteiger partial charge is 0.142 e. The fourth-order valence-electron chi connectivity index (χ4n) is 12.6. The fourth-order valence-corrected chi connectivity index (χ4v) is 12.6. The summed E-state index contributed by atoms with van der Waals surface area (Å²) in [7, 11) is 3.33. The summed E-state index contributed by atoms with van der Waals surface area (Å²) in [6.45, 7) is 36.9. The SMILES string of the molecule is CC(C)N=c1cccccc1NC(C)C.CCOc1ccccc1NCc1ccccn1.COc1ccc(NCc2cccc(CNc3ccc(OC)cc3)n2)cc1.Cc1cc(C)c(N=Cc2cc(C(C)(C)C)cc(C(C)(C)C)c2O)c(C)c1.Cc1ccccc1Nc1ccccc1N1CCCCC1.c1ccc(Nc2ccccn2)nc1. The molecular formula is C100H123N13O4. The Morgan fingerprint density at radius 2 is 1.00 bits per heavy atom. The van der Waals surface area contributed by atoms with E-state index in [9.17, 15) is 5.11 Å². The van der Waals surface area contributed by atoms with Gasteiger partial charge in [0.1, 0.15) is 34.6 Å². The first-order valence-electron chi connectivity index (χ1n) is 40.6. The number of methoxy groups -OCH3 is 2. The van der Waals surface area contributed by atoms with Crippen molar-refractivity contribution in [3.63, 3.8) is 0 Å². The molecule has 17 nitrogen and oxygen atoms in total. The van der Waals surface area contributed by atoms with E-state index in [1.807, 2.05) is 183 Å². The van der Waals surface area contributed by atoms with Gasteiger partial charge in [-0.1, -0.05) is 150 Å². The molecule has 117 heavy (non-hydrogen) atoms. The number of hydrogen-bond donors (Lipinski definition) is 7. The molecule has 1 aliphatic rings. The molecule has 612 valence electrons. The Labute approximate surface area is 696 Å². The average Bonchev–Trinajstić information content (AvgIpc) is 0.910. The van der Waals surface area contributed by atoms with Crippen LogP contribution in [0.25, 0.3) is 0 Å². The molecule has 0 saturated carbocycles. The van der Waals surface area contributed by atoms with Crippen molar-refractivity contribution in [2.24, 2.45) is 9.98 Å². The molecule has 12 aromatic rings. The Morgan fingerprint density at radius 1 is 0.487 bits per heavy atom. The predicted molar refractivity (Wildman–Crippen MR) is 492 cm³/mol. The lowest BCUT2D eigenvalue weighted by Crippen LogP contribution is -2.29. The van der Waals surface area contributed by atoms with E-state index in [0.29, 0.717) is 44.1 Å². The molecule has 5 heterocycles. The highest BCUT2D eigenvalue weighted by Gasteiger charge is 2.25. The monoisotopic (exact) mass is 1570 g/mol. The van der Waals surface area contributed by atoms with Crippen molar-refractivity contribution in [1.29, 1.82) is 0 Å². The standard InChI is InChI=1S/C24H33NO.C21H23N3O2.C18H22N2.C14H16N2O.C13H20N2.C10H9N3/c1-15-10-16(2)21(17(3)11-15)25-14-18-12-19(23(4,5)6)13-20(22(18)26)24(7,8)9;1-25-20-10-6-16(7-11-20)22-14-18-4-3-5-19(24-18)15-23-17-8-12-21(26-2)13-9-17;1-15-9-3-4-10-16(15)19-17-11-5-6-12-18(17)20-13-7-2-8-14-20;1-2-17-14-9-4-3-8-13(14)16-11-12-7-5-6-10-15-12;1-10(2)14-12-8-6-5-7-9-13(12)15-11(3)4;1-3-7-11-9(5-1)13-10-6-2-4-8-12-10/h10-14,26H,1-9H3;3-13,22-23H,14-15H2,1-2H3;3-6,9-12,19H,2,7-8,13-14H2,1H3;3-10,16H,2,11H2,1H3;5-11H,1-4H3,(H,14,15);1-8H,(H,11,12,13). The number of nitrogens with zero attached hydrogens (tertiary/aromatic N) is 7. The molecule has 17 heteroatoms. The molecule has 13 rings (SSSR count). The van der Waals surface area contributed by atoms with Gasteiger partial charge >= 0.3 is 0 Å². The lowest BCUT2D eigenvalue weighted by atomic mass is 9.79. The van der Waals surface area contributed by atoms with E-state index in [4.69, 9.17) is 24.2 Å². The van der Waals surface area contributed by atoms with Gasteiger partial charge in [-0.2, -0.15) is 0 Å². The van der Waals surface area contributed by atoms with Crippen LogP contribution in [-0.4, -0.2) is 77.3 Å². The van der Waals surface area contributed by atoms with Crippen molar-refractivity contribution in [2.75, 3.05) is 70.7 Å². The highest BCUT2D eigenvalue weighted by molar-refractivity contribution is 5.87. The van der Waals surface area contributed by atoms with Crippen molar-refractivity contribution in [1.82, 2.24) is 19.9 Å². The third-order valence-electron chi connectivity index (χ3n) is 18.6. The molecular weight excluding hydrogens is 1450 g/mol. The quantitative estimate of drug-likeness (QED) is 0.0298. The minimum absolute atomic E-state index is 0.00593. The van der Waals surface area contributed by atoms with Crippen LogP contribution in [-0.2, 0) is 30.5 Å². The molecule has 1 fully saturated rings. The second-order valence-electron chi connectivity index (χ2n) is 31.1. The van der Waals surface area contributed by atoms with Gasteiger partial charge < -0.3 is 56.1 Å². The van der Waals surface area contributed by atoms with Gasteiger partial charge in [-0.3, -0.25) is 20.0 Å². The van der Waals surface area contributed by atoms with Crippen LogP contribution < -0.4 is 56.4 Å². The molecule has 4 aromatic heterocycles. The van der Waals surface area contributed by atoms with Crippen molar-refractivity contribution in [2.45, 2.75) is 166 Å². The van der Waals surface area contributed by atoms with Crippen LogP contribution in [0, 0.1) is 27.7 Å². The lowest BCUT2D eigenvalue weighted by molar-refractivity contribution is 0.341. The molecule has 0 amide bonds. The van der Waals surface area contributed by atoms with E-state index < -0.39 is 0 Å². The van der Waals surface area contributed by atoms with E-state index in [1.165, 1.54) is 66.1 Å². The molecule has 0 unspecified atom stereocenters.